The number of rotatable bonds is 5. The highest BCUT2D eigenvalue weighted by atomic mass is 16.3. The van der Waals surface area contributed by atoms with Gasteiger partial charge in [0.05, 0.1) is 17.1 Å². The van der Waals surface area contributed by atoms with Gasteiger partial charge < -0.3 is 18.6 Å². The van der Waals surface area contributed by atoms with E-state index in [4.69, 9.17) is 8.83 Å². The molecule has 0 fully saturated rings. The van der Waals surface area contributed by atoms with Gasteiger partial charge in [0.1, 0.15) is 28.0 Å². The van der Waals surface area contributed by atoms with Crippen LogP contribution in [0, 0.1) is 5.92 Å². The summed E-state index contributed by atoms with van der Waals surface area (Å²) in [5.74, 6) is 1.63. The molecule has 69 heavy (non-hydrogen) atoms. The van der Waals surface area contributed by atoms with Gasteiger partial charge in [-0.15, -0.1) is 0 Å². The number of nitrogens with zero attached hydrogens (tertiary/aromatic N) is 3. The second-order valence-electron chi connectivity index (χ2n) is 19.7. The molecule has 0 bridgehead atoms. The third-order valence-electron chi connectivity index (χ3n) is 15.9. The molecule has 0 radical (unpaired) electrons. The maximum atomic E-state index is 7.13. The van der Waals surface area contributed by atoms with Gasteiger partial charge in [0, 0.05) is 72.1 Å². The standard InChI is InChI=1S/C64H47N3O2/c1-39-34-51-49-37-41(40-28-31-57-48(36-40)45-20-9-12-25-55(45)65(57)44-30-33-59-50(38-44)46-21-11-14-27-58(46)68-59)29-32-60(49)69-62(51)52(35-39)53-23-15-24-54-61-47-22-10-13-26-56(47)66(42-16-5-3-6-17-42)63(61)67(64(53,54)2)43-18-7-4-8-19-43/h3-30,32-34,36-39,54,57H,31,35H2,1-2H3. The van der Waals surface area contributed by atoms with Gasteiger partial charge in [-0.05, 0) is 127 Å². The summed E-state index contributed by atoms with van der Waals surface area (Å²) in [5, 5.41) is 5.97. The molecular weight excluding hydrogens is 843 g/mol. The van der Waals surface area contributed by atoms with Crippen LogP contribution in [0.25, 0.3) is 72.3 Å². The molecule has 2 aliphatic heterocycles. The van der Waals surface area contributed by atoms with Crippen LogP contribution in [-0.4, -0.2) is 16.1 Å². The molecule has 0 saturated carbocycles. The van der Waals surface area contributed by atoms with Gasteiger partial charge in [0.25, 0.3) is 0 Å². The van der Waals surface area contributed by atoms with Crippen molar-refractivity contribution in [2.45, 2.75) is 44.2 Å². The first-order valence-electron chi connectivity index (χ1n) is 24.4. The summed E-state index contributed by atoms with van der Waals surface area (Å²) in [7, 11) is 0. The molecule has 10 aromatic rings. The molecule has 15 rings (SSSR count). The first-order chi connectivity index (χ1) is 34.0. The third-order valence-corrected chi connectivity index (χ3v) is 15.9. The monoisotopic (exact) mass is 889 g/mol. The molecule has 7 aromatic carbocycles. The summed E-state index contributed by atoms with van der Waals surface area (Å²) in [6.07, 6.45) is 16.3. The molecule has 0 spiro atoms. The highest BCUT2D eigenvalue weighted by Gasteiger charge is 2.55. The van der Waals surface area contributed by atoms with Crippen molar-refractivity contribution in [1.29, 1.82) is 0 Å². The fourth-order valence-corrected chi connectivity index (χ4v) is 13.0. The minimum atomic E-state index is -0.450. The Hall–Kier alpha value is -8.28. The first-order valence-corrected chi connectivity index (χ1v) is 24.4. The van der Waals surface area contributed by atoms with Gasteiger partial charge in [-0.1, -0.05) is 134 Å². The van der Waals surface area contributed by atoms with E-state index in [1.54, 1.807) is 0 Å². The second-order valence-corrected chi connectivity index (χ2v) is 19.7. The molecule has 5 nitrogen and oxygen atoms in total. The average Bonchev–Trinajstić information content (AvgIpc) is 4.18. The lowest BCUT2D eigenvalue weighted by atomic mass is 9.70. The number of allylic oxidation sites excluding steroid dienone is 4. The summed E-state index contributed by atoms with van der Waals surface area (Å²) in [6, 6.07) is 61.8. The maximum Gasteiger partial charge on any atom is 0.138 e. The molecule has 0 N–H and O–H groups in total. The van der Waals surface area contributed by atoms with Crippen molar-refractivity contribution in [3.63, 3.8) is 0 Å². The summed E-state index contributed by atoms with van der Waals surface area (Å²) >= 11 is 0. The normalized spacial score (nSPS) is 21.2. The molecule has 3 aliphatic carbocycles. The molecule has 5 aliphatic rings. The Morgan fingerprint density at radius 2 is 1.36 bits per heavy atom. The fraction of sp³-hybridized carbons (Fsp3) is 0.125. The zero-order valence-corrected chi connectivity index (χ0v) is 38.4. The van der Waals surface area contributed by atoms with E-state index in [0.29, 0.717) is 5.92 Å². The van der Waals surface area contributed by atoms with E-state index in [2.05, 4.69) is 228 Å². The Labute approximate surface area is 399 Å². The Bertz CT molecular complexity index is 4080. The zero-order chi connectivity index (χ0) is 45.5. The van der Waals surface area contributed by atoms with E-state index in [9.17, 15) is 0 Å². The van der Waals surface area contributed by atoms with Crippen molar-refractivity contribution < 1.29 is 8.83 Å². The Morgan fingerprint density at radius 1 is 0.638 bits per heavy atom. The Morgan fingerprint density at radius 3 is 2.23 bits per heavy atom. The predicted molar refractivity (Wildman–Crippen MR) is 284 cm³/mol. The minimum absolute atomic E-state index is 0.0934. The molecule has 4 unspecified atom stereocenters. The minimum Gasteiger partial charge on any atom is -0.456 e. The molecule has 3 aromatic heterocycles. The van der Waals surface area contributed by atoms with Crippen LogP contribution in [0.15, 0.2) is 215 Å². The SMILES string of the molecule is CC1C=c2c(oc3ccc(C4=CCC5C(=C4)c4ccccc4N5c4ccc5oc6ccccc6c5c4)cc23)=C(C2=CC=CC3c4c(n(-c5ccccc5)c5ccccc45)N(c4ccccc4)C23C)C1. The molecule has 5 heterocycles. The lowest BCUT2D eigenvalue weighted by molar-refractivity contribution is 0.508. The number of para-hydroxylation sites is 5. The fourth-order valence-electron chi connectivity index (χ4n) is 13.0. The Balaban J connectivity index is 0.853. The largest absolute Gasteiger partial charge is 0.456 e. The smallest absolute Gasteiger partial charge is 0.138 e. The lowest BCUT2D eigenvalue weighted by Gasteiger charge is -2.45. The van der Waals surface area contributed by atoms with E-state index in [-0.39, 0.29) is 12.0 Å². The lowest BCUT2D eigenvalue weighted by Crippen LogP contribution is -2.48. The number of aromatic nitrogens is 1. The first kappa shape index (κ1) is 38.8. The van der Waals surface area contributed by atoms with Crippen LogP contribution < -0.4 is 20.4 Å². The quantitative estimate of drug-likeness (QED) is 0.173. The van der Waals surface area contributed by atoms with E-state index in [1.165, 1.54) is 83.4 Å². The van der Waals surface area contributed by atoms with Gasteiger partial charge in [0.15, 0.2) is 0 Å². The van der Waals surface area contributed by atoms with Crippen molar-refractivity contribution >= 4 is 89.5 Å². The van der Waals surface area contributed by atoms with E-state index >= 15 is 0 Å². The molecule has 0 amide bonds. The highest BCUT2D eigenvalue weighted by Crippen LogP contribution is 2.61. The molecule has 0 saturated heterocycles. The Kier molecular flexibility index (Phi) is 8.08. The summed E-state index contributed by atoms with van der Waals surface area (Å²) < 4.78 is 15.9. The van der Waals surface area contributed by atoms with Crippen LogP contribution in [0.1, 0.15) is 49.3 Å². The van der Waals surface area contributed by atoms with Gasteiger partial charge >= 0.3 is 0 Å². The van der Waals surface area contributed by atoms with Crippen LogP contribution in [0.4, 0.5) is 22.9 Å². The van der Waals surface area contributed by atoms with E-state index in [1.807, 2.05) is 6.07 Å². The number of anilines is 4. The van der Waals surface area contributed by atoms with Crippen LogP contribution >= 0.6 is 0 Å². The number of fused-ring (bicyclic) bond motifs is 14. The highest BCUT2D eigenvalue weighted by molar-refractivity contribution is 6.08. The molecular formula is C64H47N3O2. The topological polar surface area (TPSA) is 37.7 Å². The van der Waals surface area contributed by atoms with E-state index < -0.39 is 5.54 Å². The van der Waals surface area contributed by atoms with Gasteiger partial charge in [-0.2, -0.15) is 0 Å². The molecule has 5 heteroatoms. The average molecular weight is 890 g/mol. The van der Waals surface area contributed by atoms with Crippen LogP contribution in [-0.2, 0) is 0 Å². The van der Waals surface area contributed by atoms with Crippen molar-refractivity contribution in [1.82, 2.24) is 4.57 Å². The third kappa shape index (κ3) is 5.41. The van der Waals surface area contributed by atoms with Crippen LogP contribution in [0.3, 0.4) is 0 Å². The summed E-state index contributed by atoms with van der Waals surface area (Å²) in [4.78, 5) is 5.17. The maximum absolute atomic E-state index is 7.13. The van der Waals surface area contributed by atoms with Crippen molar-refractivity contribution in [3.05, 3.63) is 233 Å². The van der Waals surface area contributed by atoms with E-state index in [0.717, 1.165) is 51.5 Å². The van der Waals surface area contributed by atoms with Gasteiger partial charge in [0.2, 0.25) is 0 Å². The van der Waals surface area contributed by atoms with Crippen LogP contribution in [0.2, 0.25) is 0 Å². The summed E-state index contributed by atoms with van der Waals surface area (Å²) in [6.45, 7) is 4.83. The zero-order valence-electron chi connectivity index (χ0n) is 38.4. The summed E-state index contributed by atoms with van der Waals surface area (Å²) in [5.41, 5.74) is 18.4. The van der Waals surface area contributed by atoms with Gasteiger partial charge in [-0.3, -0.25) is 4.57 Å². The number of furan rings is 2. The van der Waals surface area contributed by atoms with Crippen molar-refractivity contribution in [2.24, 2.45) is 5.92 Å². The number of benzene rings is 7. The number of hydrogen-bond acceptors (Lipinski definition) is 4. The molecule has 4 atom stereocenters. The van der Waals surface area contributed by atoms with Crippen LogP contribution in [0.5, 0.6) is 0 Å². The van der Waals surface area contributed by atoms with Crippen molar-refractivity contribution in [3.8, 4) is 5.69 Å². The second kappa shape index (κ2) is 14.4. The predicted octanol–water partition coefficient (Wildman–Crippen LogP) is 14.8. The van der Waals surface area contributed by atoms with Gasteiger partial charge in [-0.25, -0.2) is 0 Å². The number of hydrogen-bond donors (Lipinski definition) is 0. The molecule has 330 valence electrons. The van der Waals surface area contributed by atoms with Crippen molar-refractivity contribution in [2.75, 3.05) is 9.80 Å².